The fraction of sp³-hybridized carbons (Fsp3) is 0.192. The van der Waals surface area contributed by atoms with Gasteiger partial charge in [-0.25, -0.2) is 9.59 Å². The Hall–Kier alpha value is -4.53. The standard InChI is InChI=1S/C26H22N2O7/c29-24(20-11-6-12-22(13-20)28(32)33)17-34-25(30)23-14-19-9-4-5-10-21(19)15-27(23)26(31)35-16-18-7-2-1-3-8-18/h1-13,23H,14-17H2/t23-/m1/s1. The van der Waals surface area contributed by atoms with Crippen molar-refractivity contribution in [2.24, 2.45) is 0 Å². The zero-order valence-electron chi connectivity index (χ0n) is 18.7. The first kappa shape index (κ1) is 23.6. The van der Waals surface area contributed by atoms with Gasteiger partial charge in [-0.2, -0.15) is 0 Å². The molecule has 178 valence electrons. The third-order valence-electron chi connectivity index (χ3n) is 5.68. The fourth-order valence-electron chi connectivity index (χ4n) is 3.84. The van der Waals surface area contributed by atoms with Gasteiger partial charge in [-0.3, -0.25) is 19.8 Å². The Labute approximate surface area is 201 Å². The minimum atomic E-state index is -0.980. The van der Waals surface area contributed by atoms with Gasteiger partial charge in [-0.15, -0.1) is 0 Å². The molecule has 3 aromatic carbocycles. The lowest BCUT2D eigenvalue weighted by atomic mass is 9.94. The molecule has 35 heavy (non-hydrogen) atoms. The summed E-state index contributed by atoms with van der Waals surface area (Å²) in [5, 5.41) is 11.0. The summed E-state index contributed by atoms with van der Waals surface area (Å²) in [6, 6.07) is 20.8. The molecule has 4 rings (SSSR count). The summed E-state index contributed by atoms with van der Waals surface area (Å²) in [5.74, 6) is -1.34. The summed E-state index contributed by atoms with van der Waals surface area (Å²) in [6.45, 7) is -0.404. The second-order valence-corrected chi connectivity index (χ2v) is 8.00. The lowest BCUT2D eigenvalue weighted by molar-refractivity contribution is -0.384. The van der Waals surface area contributed by atoms with E-state index in [1.54, 1.807) is 0 Å². The number of amides is 1. The maximum absolute atomic E-state index is 13.0. The van der Waals surface area contributed by atoms with Crippen molar-refractivity contribution in [2.75, 3.05) is 6.61 Å². The number of Topliss-reactive ketones (excluding diaryl/α,β-unsaturated/α-hetero) is 1. The highest BCUT2D eigenvalue weighted by atomic mass is 16.6. The van der Waals surface area contributed by atoms with Crippen molar-refractivity contribution in [1.82, 2.24) is 4.90 Å². The Balaban J connectivity index is 1.46. The SMILES string of the molecule is O=C(COC(=O)[C@H]1Cc2ccccc2CN1C(=O)OCc1ccccc1)c1cccc([N+](=O)[O-])c1. The molecule has 0 saturated carbocycles. The fourth-order valence-corrected chi connectivity index (χ4v) is 3.84. The third kappa shape index (κ3) is 5.70. The number of fused-ring (bicyclic) bond motifs is 1. The smallest absolute Gasteiger partial charge is 0.411 e. The van der Waals surface area contributed by atoms with Crippen molar-refractivity contribution in [3.05, 3.63) is 111 Å². The largest absolute Gasteiger partial charge is 0.456 e. The van der Waals surface area contributed by atoms with E-state index in [0.717, 1.165) is 22.8 Å². The first-order valence-electron chi connectivity index (χ1n) is 10.9. The van der Waals surface area contributed by atoms with Gasteiger partial charge in [0.1, 0.15) is 12.6 Å². The van der Waals surface area contributed by atoms with E-state index in [1.807, 2.05) is 54.6 Å². The van der Waals surface area contributed by atoms with Crippen LogP contribution in [-0.2, 0) is 33.8 Å². The van der Waals surface area contributed by atoms with Gasteiger partial charge < -0.3 is 9.47 Å². The quantitative estimate of drug-likeness (QED) is 0.219. The van der Waals surface area contributed by atoms with Crippen molar-refractivity contribution >= 4 is 23.5 Å². The average Bonchev–Trinajstić information content (AvgIpc) is 2.90. The number of benzene rings is 3. The molecule has 0 aliphatic carbocycles. The first-order chi connectivity index (χ1) is 16.9. The first-order valence-corrected chi connectivity index (χ1v) is 10.9. The van der Waals surface area contributed by atoms with Crippen LogP contribution >= 0.6 is 0 Å². The topological polar surface area (TPSA) is 116 Å². The van der Waals surface area contributed by atoms with Crippen molar-refractivity contribution in [1.29, 1.82) is 0 Å². The second kappa shape index (κ2) is 10.6. The molecule has 1 aliphatic heterocycles. The van der Waals surface area contributed by atoms with Crippen molar-refractivity contribution in [2.45, 2.75) is 25.6 Å². The zero-order chi connectivity index (χ0) is 24.8. The normalized spacial score (nSPS) is 14.5. The van der Waals surface area contributed by atoms with Crippen molar-refractivity contribution in [3.8, 4) is 0 Å². The molecule has 9 heteroatoms. The Morgan fingerprint density at radius 3 is 2.37 bits per heavy atom. The van der Waals surface area contributed by atoms with Gasteiger partial charge in [0.2, 0.25) is 5.78 Å². The van der Waals surface area contributed by atoms with Gasteiger partial charge in [0, 0.05) is 24.1 Å². The molecule has 0 spiro atoms. The number of non-ortho nitro benzene ring substituents is 1. The molecule has 0 bridgehead atoms. The summed E-state index contributed by atoms with van der Waals surface area (Å²) < 4.78 is 10.7. The van der Waals surface area contributed by atoms with Crippen molar-refractivity contribution in [3.63, 3.8) is 0 Å². The Kier molecular flexibility index (Phi) is 7.15. The Morgan fingerprint density at radius 1 is 0.914 bits per heavy atom. The number of ketones is 1. The molecule has 1 atom stereocenters. The van der Waals surface area contributed by atoms with Crippen LogP contribution in [0.5, 0.6) is 0 Å². The molecule has 0 aromatic heterocycles. The number of hydrogen-bond donors (Lipinski definition) is 0. The van der Waals surface area contributed by atoms with Crippen LogP contribution in [0.3, 0.4) is 0 Å². The van der Waals surface area contributed by atoms with Gasteiger partial charge in [-0.05, 0) is 16.7 Å². The highest BCUT2D eigenvalue weighted by Crippen LogP contribution is 2.25. The minimum Gasteiger partial charge on any atom is -0.456 e. The highest BCUT2D eigenvalue weighted by Gasteiger charge is 2.37. The Morgan fingerprint density at radius 2 is 1.63 bits per heavy atom. The Bertz CT molecular complexity index is 1260. The van der Waals surface area contributed by atoms with Gasteiger partial charge in [0.25, 0.3) is 5.69 Å². The number of hydrogen-bond acceptors (Lipinski definition) is 7. The summed E-state index contributed by atoms with van der Waals surface area (Å²) in [5.41, 5.74) is 2.41. The molecule has 0 fully saturated rings. The van der Waals surface area contributed by atoms with Crippen LogP contribution in [0.2, 0.25) is 0 Å². The summed E-state index contributed by atoms with van der Waals surface area (Å²) in [7, 11) is 0. The number of carbonyl (C=O) groups is 3. The van der Waals surface area contributed by atoms with Gasteiger partial charge in [-0.1, -0.05) is 66.7 Å². The number of esters is 1. The highest BCUT2D eigenvalue weighted by molar-refractivity contribution is 5.98. The number of nitro groups is 1. The molecule has 3 aromatic rings. The number of nitrogens with zero attached hydrogens (tertiary/aromatic N) is 2. The van der Waals surface area contributed by atoms with E-state index in [4.69, 9.17) is 9.47 Å². The van der Waals surface area contributed by atoms with Crippen LogP contribution in [0.25, 0.3) is 0 Å². The summed E-state index contributed by atoms with van der Waals surface area (Å²) >= 11 is 0. The van der Waals surface area contributed by atoms with E-state index < -0.39 is 35.4 Å². The van der Waals surface area contributed by atoms with E-state index in [2.05, 4.69) is 0 Å². The van der Waals surface area contributed by atoms with E-state index >= 15 is 0 Å². The molecule has 9 nitrogen and oxygen atoms in total. The number of ether oxygens (including phenoxy) is 2. The van der Waals surface area contributed by atoms with Crippen LogP contribution in [0.1, 0.15) is 27.0 Å². The summed E-state index contributed by atoms with van der Waals surface area (Å²) in [6.07, 6.45) is -0.462. The third-order valence-corrected chi connectivity index (χ3v) is 5.68. The summed E-state index contributed by atoms with van der Waals surface area (Å²) in [4.78, 5) is 50.0. The second-order valence-electron chi connectivity index (χ2n) is 8.00. The zero-order valence-corrected chi connectivity index (χ0v) is 18.7. The molecule has 1 amide bonds. The maximum atomic E-state index is 13.0. The van der Waals surface area contributed by atoms with Gasteiger partial charge in [0.15, 0.2) is 6.61 Å². The van der Waals surface area contributed by atoms with Crippen LogP contribution in [0, 0.1) is 10.1 Å². The molecule has 1 heterocycles. The molecule has 0 saturated heterocycles. The maximum Gasteiger partial charge on any atom is 0.411 e. The van der Waals surface area contributed by atoms with E-state index in [-0.39, 0.29) is 30.8 Å². The van der Waals surface area contributed by atoms with Crippen LogP contribution in [0.4, 0.5) is 10.5 Å². The molecule has 0 radical (unpaired) electrons. The minimum absolute atomic E-state index is 0.0465. The van der Waals surface area contributed by atoms with Crippen molar-refractivity contribution < 1.29 is 28.8 Å². The average molecular weight is 474 g/mol. The van der Waals surface area contributed by atoms with Crippen LogP contribution in [0.15, 0.2) is 78.9 Å². The number of rotatable bonds is 7. The van der Waals surface area contributed by atoms with E-state index in [0.29, 0.717) is 0 Å². The molecule has 0 unspecified atom stereocenters. The van der Waals surface area contributed by atoms with E-state index in [1.165, 1.54) is 23.1 Å². The lowest BCUT2D eigenvalue weighted by Crippen LogP contribution is -2.49. The van der Waals surface area contributed by atoms with Gasteiger partial charge in [0.05, 0.1) is 11.5 Å². The molecule has 1 aliphatic rings. The van der Waals surface area contributed by atoms with Gasteiger partial charge >= 0.3 is 12.1 Å². The molecular formula is C26H22N2O7. The predicted octanol–water partition coefficient (Wildman–Crippen LogP) is 4.08. The molecular weight excluding hydrogens is 452 g/mol. The monoisotopic (exact) mass is 474 g/mol. The predicted molar refractivity (Wildman–Crippen MR) is 124 cm³/mol. The van der Waals surface area contributed by atoms with Crippen LogP contribution in [-0.4, -0.2) is 40.3 Å². The molecule has 0 N–H and O–H groups in total. The number of carbonyl (C=O) groups excluding carboxylic acids is 3. The van der Waals surface area contributed by atoms with Crippen LogP contribution < -0.4 is 0 Å². The van der Waals surface area contributed by atoms with E-state index in [9.17, 15) is 24.5 Å². The lowest BCUT2D eigenvalue weighted by Gasteiger charge is -2.34. The number of nitro benzene ring substituents is 1.